The predicted molar refractivity (Wildman–Crippen MR) is 47.8 cm³/mol. The van der Waals surface area contributed by atoms with Crippen LogP contribution in [0.15, 0.2) is 31.0 Å². The summed E-state index contributed by atoms with van der Waals surface area (Å²) < 4.78 is 5.28. The van der Waals surface area contributed by atoms with Gasteiger partial charge in [-0.15, -0.1) is 0 Å². The van der Waals surface area contributed by atoms with Gasteiger partial charge in [0.2, 0.25) is 0 Å². The molecule has 0 aliphatic rings. The summed E-state index contributed by atoms with van der Waals surface area (Å²) in [5.41, 5.74) is 6.24. The molecule has 0 radical (unpaired) electrons. The lowest BCUT2D eigenvalue weighted by molar-refractivity contribution is 0.362. The van der Waals surface area contributed by atoms with Gasteiger partial charge in [-0.25, -0.2) is 0 Å². The van der Waals surface area contributed by atoms with Crippen molar-refractivity contribution in [1.82, 2.24) is 4.98 Å². The number of hydrogen-bond acceptors (Lipinski definition) is 3. The largest absolute Gasteiger partial charge is 0.489 e. The van der Waals surface area contributed by atoms with E-state index in [0.717, 1.165) is 11.4 Å². The Balaban J connectivity index is 2.65. The average Bonchev–Trinajstić information content (AvgIpc) is 2.15. The molecule has 0 saturated carbocycles. The zero-order chi connectivity index (χ0) is 8.81. The molecule has 2 N–H and O–H groups in total. The van der Waals surface area contributed by atoms with Crippen molar-refractivity contribution in [2.24, 2.45) is 5.73 Å². The average molecular weight is 164 g/mol. The van der Waals surface area contributed by atoms with E-state index in [1.165, 1.54) is 0 Å². The lowest BCUT2D eigenvalue weighted by atomic mass is 10.3. The highest BCUT2D eigenvalue weighted by Crippen LogP contribution is 2.09. The minimum absolute atomic E-state index is 0.436. The summed E-state index contributed by atoms with van der Waals surface area (Å²) in [6, 6.07) is 3.62. The predicted octanol–water partition coefficient (Wildman–Crippen LogP) is 1.11. The van der Waals surface area contributed by atoms with Gasteiger partial charge in [-0.1, -0.05) is 12.7 Å². The highest BCUT2D eigenvalue weighted by Gasteiger charge is 1.94. The molecule has 0 spiro atoms. The smallest absolute Gasteiger partial charge is 0.123 e. The summed E-state index contributed by atoms with van der Waals surface area (Å²) in [5.74, 6) is 0.783. The molecule has 0 aromatic carbocycles. The van der Waals surface area contributed by atoms with Gasteiger partial charge in [0, 0.05) is 18.8 Å². The summed E-state index contributed by atoms with van der Waals surface area (Å²) in [7, 11) is 0. The van der Waals surface area contributed by atoms with E-state index in [0.29, 0.717) is 13.2 Å². The third-order valence-electron chi connectivity index (χ3n) is 1.37. The van der Waals surface area contributed by atoms with Crippen molar-refractivity contribution in [2.45, 2.75) is 6.54 Å². The van der Waals surface area contributed by atoms with Crippen LogP contribution in [0.5, 0.6) is 5.75 Å². The van der Waals surface area contributed by atoms with E-state index in [1.807, 2.05) is 6.07 Å². The second-order valence-electron chi connectivity index (χ2n) is 2.29. The van der Waals surface area contributed by atoms with E-state index in [4.69, 9.17) is 10.5 Å². The third kappa shape index (κ3) is 2.36. The van der Waals surface area contributed by atoms with Gasteiger partial charge in [0.15, 0.2) is 0 Å². The topological polar surface area (TPSA) is 48.1 Å². The van der Waals surface area contributed by atoms with Crippen LogP contribution in [0, 0.1) is 0 Å². The third-order valence-corrected chi connectivity index (χ3v) is 1.37. The van der Waals surface area contributed by atoms with Crippen molar-refractivity contribution in [3.63, 3.8) is 0 Å². The second kappa shape index (κ2) is 4.51. The molecule has 0 unspecified atom stereocenters. The Labute approximate surface area is 71.9 Å². The SMILES string of the molecule is C=CCOc1ccnc(CN)c1. The van der Waals surface area contributed by atoms with E-state index < -0.39 is 0 Å². The highest BCUT2D eigenvalue weighted by molar-refractivity contribution is 5.22. The summed E-state index contributed by atoms with van der Waals surface area (Å²) >= 11 is 0. The maximum absolute atomic E-state index is 5.41. The van der Waals surface area contributed by atoms with Gasteiger partial charge in [0.1, 0.15) is 12.4 Å². The van der Waals surface area contributed by atoms with Gasteiger partial charge in [-0.3, -0.25) is 4.98 Å². The van der Waals surface area contributed by atoms with Gasteiger partial charge in [0.05, 0.1) is 5.69 Å². The quantitative estimate of drug-likeness (QED) is 0.678. The van der Waals surface area contributed by atoms with Crippen LogP contribution in [-0.4, -0.2) is 11.6 Å². The lowest BCUT2D eigenvalue weighted by Gasteiger charge is -2.03. The molecular weight excluding hydrogens is 152 g/mol. The summed E-state index contributed by atoms with van der Waals surface area (Å²) in [5, 5.41) is 0. The number of aromatic nitrogens is 1. The molecule has 0 fully saturated rings. The fraction of sp³-hybridized carbons (Fsp3) is 0.222. The van der Waals surface area contributed by atoms with Gasteiger partial charge in [-0.2, -0.15) is 0 Å². The molecule has 0 bridgehead atoms. The first-order valence-electron chi connectivity index (χ1n) is 3.75. The molecule has 3 nitrogen and oxygen atoms in total. The Hall–Kier alpha value is -1.35. The fourth-order valence-electron chi connectivity index (χ4n) is 0.813. The first kappa shape index (κ1) is 8.74. The molecule has 0 aliphatic heterocycles. The molecule has 0 aliphatic carbocycles. The van der Waals surface area contributed by atoms with E-state index in [2.05, 4.69) is 11.6 Å². The van der Waals surface area contributed by atoms with Crippen molar-refractivity contribution < 1.29 is 4.74 Å². The minimum atomic E-state index is 0.436. The first-order chi connectivity index (χ1) is 5.86. The number of hydrogen-bond donors (Lipinski definition) is 1. The van der Waals surface area contributed by atoms with Crippen LogP contribution < -0.4 is 10.5 Å². The summed E-state index contributed by atoms with van der Waals surface area (Å²) in [6.07, 6.45) is 3.38. The Morgan fingerprint density at radius 1 is 1.67 bits per heavy atom. The normalized spacial score (nSPS) is 9.42. The van der Waals surface area contributed by atoms with Crippen LogP contribution in [0.1, 0.15) is 5.69 Å². The van der Waals surface area contributed by atoms with E-state index >= 15 is 0 Å². The van der Waals surface area contributed by atoms with Crippen LogP contribution >= 0.6 is 0 Å². The molecule has 1 aromatic rings. The molecule has 12 heavy (non-hydrogen) atoms. The zero-order valence-corrected chi connectivity index (χ0v) is 6.86. The van der Waals surface area contributed by atoms with Crippen LogP contribution in [0.4, 0.5) is 0 Å². The Morgan fingerprint density at radius 3 is 3.17 bits per heavy atom. The van der Waals surface area contributed by atoms with Crippen LogP contribution in [0.25, 0.3) is 0 Å². The van der Waals surface area contributed by atoms with Crippen molar-refractivity contribution in [2.75, 3.05) is 6.61 Å². The van der Waals surface area contributed by atoms with Gasteiger partial charge in [-0.05, 0) is 6.07 Å². The molecule has 0 atom stereocenters. The molecule has 1 heterocycles. The Morgan fingerprint density at radius 2 is 2.50 bits per heavy atom. The molecule has 0 amide bonds. The monoisotopic (exact) mass is 164 g/mol. The number of nitrogens with zero attached hydrogens (tertiary/aromatic N) is 1. The number of ether oxygens (including phenoxy) is 1. The van der Waals surface area contributed by atoms with Crippen LogP contribution in [0.3, 0.4) is 0 Å². The lowest BCUT2D eigenvalue weighted by Crippen LogP contribution is -2.00. The Bertz CT molecular complexity index is 260. The highest BCUT2D eigenvalue weighted by atomic mass is 16.5. The maximum Gasteiger partial charge on any atom is 0.123 e. The maximum atomic E-state index is 5.41. The minimum Gasteiger partial charge on any atom is -0.489 e. The van der Waals surface area contributed by atoms with E-state index in [9.17, 15) is 0 Å². The van der Waals surface area contributed by atoms with Crippen molar-refractivity contribution >= 4 is 0 Å². The van der Waals surface area contributed by atoms with Gasteiger partial charge in [0.25, 0.3) is 0 Å². The summed E-state index contributed by atoms with van der Waals surface area (Å²) in [4.78, 5) is 4.04. The van der Waals surface area contributed by atoms with E-state index in [1.54, 1.807) is 18.3 Å². The van der Waals surface area contributed by atoms with Crippen LogP contribution in [0.2, 0.25) is 0 Å². The standard InChI is InChI=1S/C9H12N2O/c1-2-5-12-9-3-4-11-8(6-9)7-10/h2-4,6H,1,5,7,10H2. The number of rotatable bonds is 4. The van der Waals surface area contributed by atoms with Crippen molar-refractivity contribution in [3.8, 4) is 5.75 Å². The molecule has 1 rings (SSSR count). The van der Waals surface area contributed by atoms with Gasteiger partial charge >= 0.3 is 0 Å². The van der Waals surface area contributed by atoms with E-state index in [-0.39, 0.29) is 0 Å². The zero-order valence-electron chi connectivity index (χ0n) is 6.86. The Kier molecular flexibility index (Phi) is 3.29. The number of pyridine rings is 1. The molecule has 0 saturated heterocycles. The summed E-state index contributed by atoms with van der Waals surface area (Å²) in [6.45, 7) is 4.50. The van der Waals surface area contributed by atoms with Crippen LogP contribution in [-0.2, 0) is 6.54 Å². The number of nitrogens with two attached hydrogens (primary N) is 1. The van der Waals surface area contributed by atoms with Crippen molar-refractivity contribution in [1.29, 1.82) is 0 Å². The van der Waals surface area contributed by atoms with Gasteiger partial charge < -0.3 is 10.5 Å². The molecule has 1 aromatic heterocycles. The molecule has 64 valence electrons. The fourth-order valence-corrected chi connectivity index (χ4v) is 0.813. The molecule has 3 heteroatoms. The second-order valence-corrected chi connectivity index (χ2v) is 2.29. The first-order valence-corrected chi connectivity index (χ1v) is 3.75. The van der Waals surface area contributed by atoms with Crippen molar-refractivity contribution in [3.05, 3.63) is 36.7 Å². The molecular formula is C9H12N2O.